The van der Waals surface area contributed by atoms with Gasteiger partial charge in [0.15, 0.2) is 0 Å². The fraction of sp³-hybridized carbons (Fsp3) is 0.769. The minimum Gasteiger partial charge on any atom is -0.468 e. The number of rotatable bonds is 5. The van der Waals surface area contributed by atoms with Crippen molar-refractivity contribution in [3.8, 4) is 0 Å². The van der Waals surface area contributed by atoms with Crippen LogP contribution in [0.2, 0.25) is 0 Å². The quantitative estimate of drug-likeness (QED) is 0.829. The van der Waals surface area contributed by atoms with Gasteiger partial charge >= 0.3 is 5.97 Å². The fourth-order valence-corrected chi connectivity index (χ4v) is 3.90. The smallest absolute Gasteiger partial charge is 0.326 e. The zero-order chi connectivity index (χ0) is 14.2. The number of carbonyl (C=O) groups excluding carboxylic acids is 1. The molecule has 0 spiro atoms. The Morgan fingerprint density at radius 3 is 2.85 bits per heavy atom. The molecule has 2 unspecified atom stereocenters. The molecule has 2 aliphatic carbocycles. The Balaban J connectivity index is 1.66. The van der Waals surface area contributed by atoms with Crippen LogP contribution in [0.25, 0.3) is 0 Å². The molecule has 6 nitrogen and oxygen atoms in total. The number of aromatic nitrogens is 2. The van der Waals surface area contributed by atoms with E-state index >= 15 is 0 Å². The molecule has 7 heteroatoms. The average molecular weight is 297 g/mol. The van der Waals surface area contributed by atoms with Gasteiger partial charge in [0.05, 0.1) is 7.11 Å². The van der Waals surface area contributed by atoms with E-state index in [2.05, 4.69) is 15.5 Å². The molecule has 110 valence electrons. The van der Waals surface area contributed by atoms with Gasteiger partial charge in [0.1, 0.15) is 5.54 Å². The van der Waals surface area contributed by atoms with E-state index in [-0.39, 0.29) is 5.97 Å². The van der Waals surface area contributed by atoms with E-state index in [0.29, 0.717) is 22.4 Å². The summed E-state index contributed by atoms with van der Waals surface area (Å²) in [6, 6.07) is 0.475. The third-order valence-electron chi connectivity index (χ3n) is 3.88. The van der Waals surface area contributed by atoms with Crippen molar-refractivity contribution in [3.05, 3.63) is 5.89 Å². The summed E-state index contributed by atoms with van der Waals surface area (Å²) in [7, 11) is 1.46. The van der Waals surface area contributed by atoms with Crippen LogP contribution < -0.4 is 5.32 Å². The number of esters is 1. The Labute approximate surface area is 122 Å². The van der Waals surface area contributed by atoms with Crippen molar-refractivity contribution in [3.63, 3.8) is 0 Å². The molecule has 20 heavy (non-hydrogen) atoms. The monoisotopic (exact) mass is 297 g/mol. The molecule has 2 saturated carbocycles. The van der Waals surface area contributed by atoms with Gasteiger partial charge in [-0.15, -0.1) is 10.2 Å². The van der Waals surface area contributed by atoms with Crippen LogP contribution in [0.15, 0.2) is 9.64 Å². The molecule has 0 radical (unpaired) electrons. The number of methoxy groups -OCH3 is 1. The number of ether oxygens (including phenoxy) is 1. The van der Waals surface area contributed by atoms with Crippen LogP contribution in [-0.4, -0.2) is 40.1 Å². The highest BCUT2D eigenvalue weighted by atomic mass is 32.2. The molecule has 3 rings (SSSR count). The molecule has 1 heterocycles. The Morgan fingerprint density at radius 1 is 1.45 bits per heavy atom. The van der Waals surface area contributed by atoms with Crippen molar-refractivity contribution in [2.75, 3.05) is 7.11 Å². The van der Waals surface area contributed by atoms with E-state index < -0.39 is 5.54 Å². The molecule has 1 aromatic heterocycles. The van der Waals surface area contributed by atoms with Crippen molar-refractivity contribution in [2.45, 2.75) is 61.1 Å². The molecule has 0 bridgehead atoms. The molecule has 0 amide bonds. The molecule has 1 N–H and O–H groups in total. The van der Waals surface area contributed by atoms with Gasteiger partial charge in [-0.05, 0) is 32.1 Å². The summed E-state index contributed by atoms with van der Waals surface area (Å²) >= 11 is 1.56. The highest BCUT2D eigenvalue weighted by Crippen LogP contribution is 2.42. The van der Waals surface area contributed by atoms with Crippen molar-refractivity contribution in [1.29, 1.82) is 0 Å². The van der Waals surface area contributed by atoms with E-state index in [4.69, 9.17) is 9.15 Å². The van der Waals surface area contributed by atoms with Gasteiger partial charge in [0.2, 0.25) is 5.89 Å². The highest BCUT2D eigenvalue weighted by Gasteiger charge is 2.49. The number of hydrogen-bond donors (Lipinski definition) is 1. The van der Waals surface area contributed by atoms with Crippen LogP contribution >= 0.6 is 11.8 Å². The maximum Gasteiger partial charge on any atom is 0.326 e. The minimum absolute atomic E-state index is 0.144. The third-order valence-corrected chi connectivity index (χ3v) is 4.98. The lowest BCUT2D eigenvalue weighted by molar-refractivity contribution is -0.148. The van der Waals surface area contributed by atoms with Gasteiger partial charge in [0, 0.05) is 18.2 Å². The number of hydrogen-bond acceptors (Lipinski definition) is 7. The van der Waals surface area contributed by atoms with Crippen molar-refractivity contribution >= 4 is 17.7 Å². The number of thioether (sulfide) groups is 1. The number of nitrogens with zero attached hydrogens (tertiary/aromatic N) is 2. The Kier molecular flexibility index (Phi) is 3.72. The summed E-state index contributed by atoms with van der Waals surface area (Å²) in [4.78, 5) is 12.2. The van der Waals surface area contributed by atoms with Crippen LogP contribution in [0.4, 0.5) is 0 Å². The van der Waals surface area contributed by atoms with Crippen molar-refractivity contribution < 1.29 is 13.9 Å². The van der Waals surface area contributed by atoms with E-state index in [1.165, 1.54) is 7.11 Å². The molecular weight excluding hydrogens is 278 g/mol. The SMILES string of the molecule is COC(=O)C1(NC2CC2)CCC(Sc2nnc(C)o2)C1. The Hall–Kier alpha value is -1.08. The molecular formula is C13H19N3O3S. The normalized spacial score (nSPS) is 29.6. The van der Waals surface area contributed by atoms with Gasteiger partial charge in [-0.3, -0.25) is 10.1 Å². The van der Waals surface area contributed by atoms with Gasteiger partial charge in [0.25, 0.3) is 5.22 Å². The van der Waals surface area contributed by atoms with E-state index in [9.17, 15) is 4.79 Å². The summed E-state index contributed by atoms with van der Waals surface area (Å²) in [6.45, 7) is 1.78. The van der Waals surface area contributed by atoms with Crippen LogP contribution in [0.1, 0.15) is 38.0 Å². The van der Waals surface area contributed by atoms with Crippen molar-refractivity contribution in [1.82, 2.24) is 15.5 Å². The van der Waals surface area contributed by atoms with Crippen molar-refractivity contribution in [2.24, 2.45) is 0 Å². The first-order valence-electron chi connectivity index (χ1n) is 6.94. The summed E-state index contributed by atoms with van der Waals surface area (Å²) < 4.78 is 10.4. The number of carbonyl (C=O) groups is 1. The van der Waals surface area contributed by atoms with E-state index in [1.54, 1.807) is 18.7 Å². The largest absolute Gasteiger partial charge is 0.468 e. The lowest BCUT2D eigenvalue weighted by atomic mass is 9.97. The lowest BCUT2D eigenvalue weighted by Gasteiger charge is -2.27. The molecule has 2 aliphatic rings. The molecule has 1 aromatic rings. The molecule has 0 aliphatic heterocycles. The van der Waals surface area contributed by atoms with Gasteiger partial charge in [-0.1, -0.05) is 11.8 Å². The Morgan fingerprint density at radius 2 is 2.25 bits per heavy atom. The van der Waals surface area contributed by atoms with Crippen LogP contribution in [-0.2, 0) is 9.53 Å². The van der Waals surface area contributed by atoms with E-state index in [0.717, 1.165) is 32.1 Å². The lowest BCUT2D eigenvalue weighted by Crippen LogP contribution is -2.52. The predicted octanol–water partition coefficient (Wildman–Crippen LogP) is 1.69. The minimum atomic E-state index is -0.525. The average Bonchev–Trinajstić information content (AvgIpc) is 3.00. The summed E-state index contributed by atoms with van der Waals surface area (Å²) in [6.07, 6.45) is 4.81. The fourth-order valence-electron chi connectivity index (χ4n) is 2.76. The third kappa shape index (κ3) is 2.83. The summed E-state index contributed by atoms with van der Waals surface area (Å²) in [5, 5.41) is 12.2. The maximum absolute atomic E-state index is 12.2. The zero-order valence-corrected chi connectivity index (χ0v) is 12.5. The van der Waals surface area contributed by atoms with Crippen LogP contribution in [0, 0.1) is 6.92 Å². The first kappa shape index (κ1) is 13.9. The molecule has 0 saturated heterocycles. The number of aryl methyl sites for hydroxylation is 1. The van der Waals surface area contributed by atoms with E-state index in [1.807, 2.05) is 0 Å². The predicted molar refractivity (Wildman–Crippen MR) is 73.4 cm³/mol. The second-order valence-electron chi connectivity index (χ2n) is 5.56. The topological polar surface area (TPSA) is 77.2 Å². The standard InChI is InChI=1S/C13H19N3O3S/c1-8-15-16-12(19-8)20-10-5-6-13(7-10,11(17)18-2)14-9-3-4-9/h9-10,14H,3-7H2,1-2H3. The second kappa shape index (κ2) is 5.37. The van der Waals surface area contributed by atoms with Gasteiger partial charge < -0.3 is 9.15 Å². The molecule has 0 aromatic carbocycles. The maximum atomic E-state index is 12.2. The van der Waals surface area contributed by atoms with Crippen LogP contribution in [0.3, 0.4) is 0 Å². The number of nitrogens with one attached hydrogen (secondary N) is 1. The zero-order valence-electron chi connectivity index (χ0n) is 11.7. The van der Waals surface area contributed by atoms with Gasteiger partial charge in [-0.2, -0.15) is 0 Å². The first-order chi connectivity index (χ1) is 9.61. The molecule has 2 atom stereocenters. The summed E-state index contributed by atoms with van der Waals surface area (Å²) in [5.41, 5.74) is -0.525. The summed E-state index contributed by atoms with van der Waals surface area (Å²) in [5.74, 6) is 0.426. The second-order valence-corrected chi connectivity index (χ2v) is 6.81. The highest BCUT2D eigenvalue weighted by molar-refractivity contribution is 7.99. The first-order valence-corrected chi connectivity index (χ1v) is 7.82. The Bertz CT molecular complexity index is 503. The molecule has 2 fully saturated rings. The van der Waals surface area contributed by atoms with Gasteiger partial charge in [-0.25, -0.2) is 0 Å². The van der Waals surface area contributed by atoms with Crippen LogP contribution in [0.5, 0.6) is 0 Å².